The Morgan fingerprint density at radius 3 is 2.69 bits per heavy atom. The topological polar surface area (TPSA) is 90.2 Å². The summed E-state index contributed by atoms with van der Waals surface area (Å²) in [5.74, 6) is 1.75. The molecule has 0 spiro atoms. The Bertz CT molecular complexity index is 1180. The number of Topliss-reactive ketones (excluding diaryl/α,β-unsaturated/α-hetero) is 1. The van der Waals surface area contributed by atoms with Gasteiger partial charge >= 0.3 is 0 Å². The number of H-pyrrole nitrogens is 1. The van der Waals surface area contributed by atoms with E-state index in [1.807, 2.05) is 37.3 Å². The molecule has 0 aliphatic rings. The van der Waals surface area contributed by atoms with Crippen molar-refractivity contribution < 1.29 is 18.7 Å². The van der Waals surface area contributed by atoms with E-state index in [-0.39, 0.29) is 11.5 Å². The van der Waals surface area contributed by atoms with E-state index in [2.05, 4.69) is 15.2 Å². The number of nitrogens with zero attached hydrogens (tertiary/aromatic N) is 2. The van der Waals surface area contributed by atoms with Gasteiger partial charge in [0, 0.05) is 27.7 Å². The third-order valence-corrected chi connectivity index (χ3v) is 5.35. The molecule has 0 amide bonds. The molecule has 2 heterocycles. The Balaban J connectivity index is 1.50. The number of thioether (sulfide) groups is 1. The Morgan fingerprint density at radius 2 is 1.90 bits per heavy atom. The number of aryl methyl sites for hydroxylation is 1. The molecule has 0 unspecified atom stereocenters. The van der Waals surface area contributed by atoms with Crippen LogP contribution in [0.15, 0.2) is 52.1 Å². The summed E-state index contributed by atoms with van der Waals surface area (Å²) in [6, 6.07) is 13.1. The monoisotopic (exact) mass is 409 g/mol. The number of aromatic nitrogens is 3. The lowest BCUT2D eigenvalue weighted by Crippen LogP contribution is -2.03. The Labute approximate surface area is 171 Å². The van der Waals surface area contributed by atoms with Crippen LogP contribution in [-0.4, -0.2) is 40.9 Å². The van der Waals surface area contributed by atoms with Crippen molar-refractivity contribution in [3.8, 4) is 23.0 Å². The molecule has 0 fully saturated rings. The van der Waals surface area contributed by atoms with Gasteiger partial charge in [0.1, 0.15) is 0 Å². The summed E-state index contributed by atoms with van der Waals surface area (Å²) in [6.07, 6.45) is 0. The molecule has 0 saturated carbocycles. The minimum Gasteiger partial charge on any atom is -0.493 e. The number of para-hydroxylation sites is 1. The largest absolute Gasteiger partial charge is 0.493 e. The highest BCUT2D eigenvalue weighted by Gasteiger charge is 2.18. The van der Waals surface area contributed by atoms with Crippen LogP contribution < -0.4 is 9.47 Å². The normalized spacial score (nSPS) is 11.0. The van der Waals surface area contributed by atoms with Gasteiger partial charge in [-0.1, -0.05) is 30.0 Å². The van der Waals surface area contributed by atoms with Gasteiger partial charge in [-0.2, -0.15) is 0 Å². The molecule has 0 radical (unpaired) electrons. The predicted octanol–water partition coefficient (Wildman–Crippen LogP) is 4.52. The number of benzene rings is 2. The van der Waals surface area contributed by atoms with Crippen molar-refractivity contribution in [2.24, 2.45) is 0 Å². The summed E-state index contributed by atoms with van der Waals surface area (Å²) >= 11 is 1.22. The number of methoxy groups -OCH3 is 2. The van der Waals surface area contributed by atoms with Crippen molar-refractivity contribution in [1.82, 2.24) is 15.2 Å². The average molecular weight is 409 g/mol. The number of aromatic amines is 1. The molecule has 29 heavy (non-hydrogen) atoms. The lowest BCUT2D eigenvalue weighted by atomic mass is 10.1. The van der Waals surface area contributed by atoms with Crippen LogP contribution in [0, 0.1) is 6.92 Å². The first kappa shape index (κ1) is 19.1. The molecular weight excluding hydrogens is 390 g/mol. The molecule has 0 bridgehead atoms. The molecule has 0 aliphatic carbocycles. The zero-order chi connectivity index (χ0) is 20.4. The summed E-state index contributed by atoms with van der Waals surface area (Å²) in [7, 11) is 3.14. The summed E-state index contributed by atoms with van der Waals surface area (Å²) < 4.78 is 16.3. The standard InChI is InChI=1S/C21H19N3O4S/c1-12-19(14-6-4-5-7-15(14)22-12)16(25)11-29-21-24-23-20(28-21)13-8-9-17(26-2)18(10-13)27-3/h4-10,22H,11H2,1-3H3. The maximum Gasteiger partial charge on any atom is 0.277 e. The summed E-state index contributed by atoms with van der Waals surface area (Å²) in [5, 5.41) is 9.37. The van der Waals surface area contributed by atoms with Gasteiger partial charge in [-0.25, -0.2) is 0 Å². The van der Waals surface area contributed by atoms with Crippen LogP contribution in [0.4, 0.5) is 0 Å². The molecule has 0 atom stereocenters. The van der Waals surface area contributed by atoms with E-state index in [1.54, 1.807) is 26.4 Å². The van der Waals surface area contributed by atoms with Crippen molar-refractivity contribution in [2.45, 2.75) is 12.1 Å². The minimum absolute atomic E-state index is 0.0100. The Kier molecular flexibility index (Phi) is 5.26. The number of ketones is 1. The highest BCUT2D eigenvalue weighted by Crippen LogP contribution is 2.33. The van der Waals surface area contributed by atoms with Gasteiger partial charge in [0.25, 0.3) is 5.22 Å². The molecule has 1 N–H and O–H groups in total. The molecule has 2 aromatic carbocycles. The van der Waals surface area contributed by atoms with E-state index in [0.717, 1.165) is 16.6 Å². The van der Waals surface area contributed by atoms with Crippen molar-refractivity contribution in [3.63, 3.8) is 0 Å². The molecule has 4 aromatic rings. The van der Waals surface area contributed by atoms with Crippen LogP contribution in [0.5, 0.6) is 11.5 Å². The molecule has 148 valence electrons. The molecule has 4 rings (SSSR count). The number of rotatable bonds is 7. The van der Waals surface area contributed by atoms with E-state index >= 15 is 0 Å². The van der Waals surface area contributed by atoms with Crippen LogP contribution >= 0.6 is 11.8 Å². The number of carbonyl (C=O) groups is 1. The highest BCUT2D eigenvalue weighted by atomic mass is 32.2. The van der Waals surface area contributed by atoms with Crippen LogP contribution in [0.2, 0.25) is 0 Å². The molecule has 0 aliphatic heterocycles. The zero-order valence-electron chi connectivity index (χ0n) is 16.2. The van der Waals surface area contributed by atoms with E-state index in [1.165, 1.54) is 11.8 Å². The van der Waals surface area contributed by atoms with Gasteiger partial charge in [-0.15, -0.1) is 10.2 Å². The SMILES string of the molecule is COc1ccc(-c2nnc(SCC(=O)c3c(C)[nH]c4ccccc34)o2)cc1OC. The Morgan fingerprint density at radius 1 is 1.10 bits per heavy atom. The first-order valence-electron chi connectivity index (χ1n) is 8.90. The van der Waals surface area contributed by atoms with E-state index in [9.17, 15) is 4.79 Å². The smallest absolute Gasteiger partial charge is 0.277 e. The second kappa shape index (κ2) is 8.00. The predicted molar refractivity (Wildman–Crippen MR) is 111 cm³/mol. The molecule has 2 aromatic heterocycles. The van der Waals surface area contributed by atoms with Crippen LogP contribution in [-0.2, 0) is 0 Å². The van der Waals surface area contributed by atoms with Crippen LogP contribution in [0.3, 0.4) is 0 Å². The van der Waals surface area contributed by atoms with Crippen LogP contribution in [0.25, 0.3) is 22.4 Å². The maximum atomic E-state index is 12.8. The number of ether oxygens (including phenoxy) is 2. The second-order valence-corrected chi connectivity index (χ2v) is 7.25. The number of nitrogens with one attached hydrogen (secondary N) is 1. The fraction of sp³-hybridized carbons (Fsp3) is 0.190. The van der Waals surface area contributed by atoms with Crippen molar-refractivity contribution in [3.05, 3.63) is 53.7 Å². The minimum atomic E-state index is 0.0100. The van der Waals surface area contributed by atoms with E-state index in [0.29, 0.717) is 33.7 Å². The molecular formula is C21H19N3O4S. The van der Waals surface area contributed by atoms with Gasteiger partial charge in [0.15, 0.2) is 17.3 Å². The number of fused-ring (bicyclic) bond motifs is 1. The van der Waals surface area contributed by atoms with E-state index in [4.69, 9.17) is 13.9 Å². The second-order valence-electron chi connectivity index (χ2n) is 6.33. The fourth-order valence-electron chi connectivity index (χ4n) is 3.19. The molecule has 7 nitrogen and oxygen atoms in total. The summed E-state index contributed by atoms with van der Waals surface area (Å²) in [6.45, 7) is 1.90. The maximum absolute atomic E-state index is 12.8. The summed E-state index contributed by atoms with van der Waals surface area (Å²) in [5.41, 5.74) is 3.22. The van der Waals surface area contributed by atoms with Crippen LogP contribution in [0.1, 0.15) is 16.1 Å². The lowest BCUT2D eigenvalue weighted by molar-refractivity contribution is 0.102. The first-order valence-corrected chi connectivity index (χ1v) is 9.88. The number of hydrogen-bond acceptors (Lipinski definition) is 7. The zero-order valence-corrected chi connectivity index (χ0v) is 17.0. The van der Waals surface area contributed by atoms with Crippen molar-refractivity contribution in [1.29, 1.82) is 0 Å². The van der Waals surface area contributed by atoms with Gasteiger partial charge in [0.2, 0.25) is 5.89 Å². The third-order valence-electron chi connectivity index (χ3n) is 4.54. The van der Waals surface area contributed by atoms with E-state index < -0.39 is 0 Å². The number of hydrogen-bond donors (Lipinski definition) is 1. The first-order chi connectivity index (χ1) is 14.1. The molecule has 8 heteroatoms. The third kappa shape index (κ3) is 3.71. The van der Waals surface area contributed by atoms with Gasteiger partial charge in [-0.3, -0.25) is 4.79 Å². The van der Waals surface area contributed by atoms with Crippen molar-refractivity contribution >= 4 is 28.4 Å². The summed E-state index contributed by atoms with van der Waals surface area (Å²) in [4.78, 5) is 16.0. The van der Waals surface area contributed by atoms with Gasteiger partial charge in [-0.05, 0) is 31.2 Å². The van der Waals surface area contributed by atoms with Crippen molar-refractivity contribution in [2.75, 3.05) is 20.0 Å². The van der Waals surface area contributed by atoms with Gasteiger partial charge < -0.3 is 18.9 Å². The number of carbonyl (C=O) groups excluding carboxylic acids is 1. The highest BCUT2D eigenvalue weighted by molar-refractivity contribution is 7.99. The lowest BCUT2D eigenvalue weighted by Gasteiger charge is -2.07. The quantitative estimate of drug-likeness (QED) is 0.354. The Hall–Kier alpha value is -3.26. The fourth-order valence-corrected chi connectivity index (χ4v) is 3.82. The van der Waals surface area contributed by atoms with Gasteiger partial charge in [0.05, 0.1) is 20.0 Å². The molecule has 0 saturated heterocycles. The average Bonchev–Trinajstić information content (AvgIpc) is 3.35.